The molecule has 20 heavy (non-hydrogen) atoms. The number of piperidine rings is 1. The fourth-order valence-corrected chi connectivity index (χ4v) is 3.23. The summed E-state index contributed by atoms with van der Waals surface area (Å²) in [4.78, 5) is 0. The van der Waals surface area contributed by atoms with Crippen LogP contribution in [0.25, 0.3) is 11.1 Å². The molecule has 1 aromatic heterocycles. The minimum atomic E-state index is -0.201. The van der Waals surface area contributed by atoms with Crippen LogP contribution in [0.15, 0.2) is 22.7 Å². The normalized spacial score (nSPS) is 16.6. The van der Waals surface area contributed by atoms with Crippen molar-refractivity contribution in [1.82, 2.24) is 15.5 Å². The Morgan fingerprint density at radius 3 is 2.80 bits per heavy atom. The minimum absolute atomic E-state index is 0.201. The summed E-state index contributed by atoms with van der Waals surface area (Å²) in [5, 5.41) is 10.8. The smallest absolute Gasteiger partial charge is 0.131 e. The Labute approximate surface area is 126 Å². The van der Waals surface area contributed by atoms with Crippen molar-refractivity contribution in [2.24, 2.45) is 0 Å². The highest BCUT2D eigenvalue weighted by Gasteiger charge is 2.24. The van der Waals surface area contributed by atoms with Crippen molar-refractivity contribution in [3.63, 3.8) is 0 Å². The fraction of sp³-hybridized carbons (Fsp3) is 0.400. The summed E-state index contributed by atoms with van der Waals surface area (Å²) >= 11 is 3.42. The third-order valence-corrected chi connectivity index (χ3v) is 4.39. The van der Waals surface area contributed by atoms with Gasteiger partial charge in [0, 0.05) is 27.2 Å². The molecule has 2 aromatic rings. The van der Waals surface area contributed by atoms with E-state index in [1.54, 1.807) is 6.07 Å². The van der Waals surface area contributed by atoms with Crippen LogP contribution in [0.1, 0.15) is 30.1 Å². The molecular weight excluding hydrogens is 321 g/mol. The average Bonchev–Trinajstić information content (AvgIpc) is 2.84. The lowest BCUT2D eigenvalue weighted by Crippen LogP contribution is -2.27. The highest BCUT2D eigenvalue weighted by molar-refractivity contribution is 9.10. The first-order chi connectivity index (χ1) is 9.66. The van der Waals surface area contributed by atoms with Gasteiger partial charge in [-0.25, -0.2) is 4.39 Å². The van der Waals surface area contributed by atoms with Gasteiger partial charge in [-0.3, -0.25) is 5.10 Å². The van der Waals surface area contributed by atoms with Crippen LogP contribution in [0, 0.1) is 12.7 Å². The first-order valence-corrected chi connectivity index (χ1v) is 7.67. The third-order valence-electron chi connectivity index (χ3n) is 3.90. The van der Waals surface area contributed by atoms with Gasteiger partial charge < -0.3 is 5.32 Å². The second kappa shape index (κ2) is 5.66. The molecule has 1 saturated heterocycles. The number of aromatic amines is 1. The first kappa shape index (κ1) is 13.8. The maximum Gasteiger partial charge on any atom is 0.131 e. The number of aryl methyl sites for hydroxylation is 1. The molecule has 106 valence electrons. The first-order valence-electron chi connectivity index (χ1n) is 6.88. The van der Waals surface area contributed by atoms with Crippen LogP contribution >= 0.6 is 15.9 Å². The molecule has 0 amide bonds. The van der Waals surface area contributed by atoms with Crippen molar-refractivity contribution in [2.45, 2.75) is 25.7 Å². The van der Waals surface area contributed by atoms with Crippen LogP contribution in [0.2, 0.25) is 0 Å². The second-order valence-electron chi connectivity index (χ2n) is 5.26. The highest BCUT2D eigenvalue weighted by Crippen LogP contribution is 2.36. The average molecular weight is 338 g/mol. The zero-order valence-electron chi connectivity index (χ0n) is 11.3. The van der Waals surface area contributed by atoms with Crippen molar-refractivity contribution in [1.29, 1.82) is 0 Å². The van der Waals surface area contributed by atoms with Crippen molar-refractivity contribution in [3.05, 3.63) is 39.9 Å². The number of H-pyrrole nitrogens is 1. The molecule has 1 aliphatic heterocycles. The molecule has 0 radical (unpaired) electrons. The van der Waals surface area contributed by atoms with E-state index in [1.165, 1.54) is 6.07 Å². The van der Waals surface area contributed by atoms with Gasteiger partial charge in [0.2, 0.25) is 0 Å². The van der Waals surface area contributed by atoms with Gasteiger partial charge in [0.05, 0.1) is 5.69 Å². The minimum Gasteiger partial charge on any atom is -0.317 e. The van der Waals surface area contributed by atoms with E-state index in [9.17, 15) is 4.39 Å². The largest absolute Gasteiger partial charge is 0.317 e. The van der Waals surface area contributed by atoms with Gasteiger partial charge in [-0.2, -0.15) is 5.10 Å². The number of hydrogen-bond donors (Lipinski definition) is 2. The Balaban J connectivity index is 2.08. The van der Waals surface area contributed by atoms with Crippen LogP contribution in [0.4, 0.5) is 4.39 Å². The molecule has 0 aliphatic carbocycles. The van der Waals surface area contributed by atoms with Crippen molar-refractivity contribution >= 4 is 15.9 Å². The SMILES string of the molecule is Cc1[nH]nc(C2CCNCC2)c1-c1cc(Br)ccc1F. The number of hydrogen-bond acceptors (Lipinski definition) is 2. The summed E-state index contributed by atoms with van der Waals surface area (Å²) < 4.78 is 15.1. The fourth-order valence-electron chi connectivity index (χ4n) is 2.87. The highest BCUT2D eigenvalue weighted by atomic mass is 79.9. The van der Waals surface area contributed by atoms with Crippen molar-refractivity contribution < 1.29 is 4.39 Å². The van der Waals surface area contributed by atoms with E-state index in [1.807, 2.05) is 13.0 Å². The van der Waals surface area contributed by atoms with Gasteiger partial charge in [0.25, 0.3) is 0 Å². The summed E-state index contributed by atoms with van der Waals surface area (Å²) in [6.07, 6.45) is 2.10. The molecule has 0 saturated carbocycles. The summed E-state index contributed by atoms with van der Waals surface area (Å²) in [5.74, 6) is 0.197. The molecule has 3 rings (SSSR count). The van der Waals surface area contributed by atoms with Gasteiger partial charge in [0.1, 0.15) is 5.82 Å². The van der Waals surface area contributed by atoms with E-state index in [4.69, 9.17) is 0 Å². The predicted molar refractivity (Wildman–Crippen MR) is 81.3 cm³/mol. The van der Waals surface area contributed by atoms with E-state index >= 15 is 0 Å². The number of benzene rings is 1. The van der Waals surface area contributed by atoms with Crippen molar-refractivity contribution in [2.75, 3.05) is 13.1 Å². The molecule has 1 aromatic carbocycles. The third kappa shape index (κ3) is 2.52. The van der Waals surface area contributed by atoms with Gasteiger partial charge >= 0.3 is 0 Å². The lowest BCUT2D eigenvalue weighted by atomic mass is 9.89. The molecule has 2 N–H and O–H groups in total. The van der Waals surface area contributed by atoms with E-state index < -0.39 is 0 Å². The van der Waals surface area contributed by atoms with E-state index in [0.717, 1.165) is 47.4 Å². The maximum absolute atomic E-state index is 14.2. The molecule has 3 nitrogen and oxygen atoms in total. The Morgan fingerprint density at radius 2 is 2.05 bits per heavy atom. The standard InChI is InChI=1S/C15H17BrFN3/c1-9-14(12-8-11(16)2-3-13(12)17)15(20-19-9)10-4-6-18-7-5-10/h2-3,8,10,18H,4-7H2,1H3,(H,19,20). The monoisotopic (exact) mass is 337 g/mol. The van der Waals surface area contributed by atoms with Gasteiger partial charge in [-0.1, -0.05) is 15.9 Å². The zero-order valence-corrected chi connectivity index (χ0v) is 12.9. The maximum atomic E-state index is 14.2. The van der Waals surface area contributed by atoms with E-state index in [2.05, 4.69) is 31.4 Å². The number of rotatable bonds is 2. The summed E-state index contributed by atoms with van der Waals surface area (Å²) in [5.41, 5.74) is 3.48. The van der Waals surface area contributed by atoms with Crippen LogP contribution in [0.5, 0.6) is 0 Å². The zero-order chi connectivity index (χ0) is 14.1. The quantitative estimate of drug-likeness (QED) is 0.876. The molecule has 5 heteroatoms. The predicted octanol–water partition coefficient (Wildman–Crippen LogP) is 3.75. The van der Waals surface area contributed by atoms with Gasteiger partial charge in [-0.05, 0) is 51.1 Å². The molecule has 1 fully saturated rings. The van der Waals surface area contributed by atoms with E-state index in [0.29, 0.717) is 11.5 Å². The van der Waals surface area contributed by atoms with Crippen LogP contribution in [0.3, 0.4) is 0 Å². The summed E-state index contributed by atoms with van der Waals surface area (Å²) in [7, 11) is 0. The molecule has 2 heterocycles. The Bertz CT molecular complexity index is 618. The Kier molecular flexibility index (Phi) is 3.89. The van der Waals surface area contributed by atoms with Crippen LogP contribution < -0.4 is 5.32 Å². The summed E-state index contributed by atoms with van der Waals surface area (Å²) in [6, 6.07) is 5.05. The number of nitrogens with zero attached hydrogens (tertiary/aromatic N) is 1. The van der Waals surface area contributed by atoms with E-state index in [-0.39, 0.29) is 5.82 Å². The molecule has 1 aliphatic rings. The number of halogens is 2. The molecular formula is C15H17BrFN3. The Hall–Kier alpha value is -1.20. The lowest BCUT2D eigenvalue weighted by Gasteiger charge is -2.22. The number of aromatic nitrogens is 2. The topological polar surface area (TPSA) is 40.7 Å². The second-order valence-corrected chi connectivity index (χ2v) is 6.17. The molecule has 0 atom stereocenters. The Morgan fingerprint density at radius 1 is 1.30 bits per heavy atom. The van der Waals surface area contributed by atoms with Gasteiger partial charge in [-0.15, -0.1) is 0 Å². The lowest BCUT2D eigenvalue weighted by molar-refractivity contribution is 0.453. The van der Waals surface area contributed by atoms with Crippen LogP contribution in [-0.4, -0.2) is 23.3 Å². The van der Waals surface area contributed by atoms with Gasteiger partial charge in [0.15, 0.2) is 0 Å². The number of nitrogens with one attached hydrogen (secondary N) is 2. The molecule has 0 spiro atoms. The molecule has 0 bridgehead atoms. The summed E-state index contributed by atoms with van der Waals surface area (Å²) in [6.45, 7) is 3.95. The molecule has 0 unspecified atom stereocenters. The van der Waals surface area contributed by atoms with Crippen molar-refractivity contribution in [3.8, 4) is 11.1 Å². The van der Waals surface area contributed by atoms with Crippen LogP contribution in [-0.2, 0) is 0 Å².